The normalized spacial score (nSPS) is 17.3. The van der Waals surface area contributed by atoms with Crippen molar-refractivity contribution in [3.63, 3.8) is 0 Å². The SMILES string of the molecule is CCOC(=O)C1CCCc2sc(NCc3cncs3)nc21. The maximum atomic E-state index is 12.0. The Balaban J connectivity index is 1.73. The largest absolute Gasteiger partial charge is 0.465 e. The van der Waals surface area contributed by atoms with Gasteiger partial charge in [-0.05, 0) is 26.2 Å². The molecule has 0 radical (unpaired) electrons. The number of aromatic nitrogens is 2. The Hall–Kier alpha value is -1.47. The van der Waals surface area contributed by atoms with Crippen LogP contribution in [-0.4, -0.2) is 22.5 Å². The summed E-state index contributed by atoms with van der Waals surface area (Å²) in [5.74, 6) is -0.332. The van der Waals surface area contributed by atoms with Crippen molar-refractivity contribution in [1.82, 2.24) is 9.97 Å². The van der Waals surface area contributed by atoms with Gasteiger partial charge in [0.15, 0.2) is 5.13 Å². The van der Waals surface area contributed by atoms with Crippen molar-refractivity contribution in [1.29, 1.82) is 0 Å². The lowest BCUT2D eigenvalue weighted by Gasteiger charge is -2.19. The highest BCUT2D eigenvalue weighted by Gasteiger charge is 2.31. The second kappa shape index (κ2) is 6.53. The average Bonchev–Trinajstić information content (AvgIpc) is 3.13. The fraction of sp³-hybridized carbons (Fsp3) is 0.500. The molecule has 0 saturated carbocycles. The summed E-state index contributed by atoms with van der Waals surface area (Å²) in [6.07, 6.45) is 4.72. The second-order valence-corrected chi connectivity index (χ2v) is 6.90. The van der Waals surface area contributed by atoms with Gasteiger partial charge in [0.25, 0.3) is 0 Å². The van der Waals surface area contributed by atoms with Gasteiger partial charge in [0, 0.05) is 16.0 Å². The number of thiazole rings is 2. The van der Waals surface area contributed by atoms with Crippen LogP contribution in [0.5, 0.6) is 0 Å². The summed E-state index contributed by atoms with van der Waals surface area (Å²) < 4.78 is 5.17. The van der Waals surface area contributed by atoms with Gasteiger partial charge in [-0.3, -0.25) is 9.78 Å². The first-order valence-electron chi connectivity index (χ1n) is 7.05. The number of carbonyl (C=O) groups is 1. The highest BCUT2D eigenvalue weighted by molar-refractivity contribution is 7.15. The minimum absolute atomic E-state index is 0.141. The van der Waals surface area contributed by atoms with Crippen molar-refractivity contribution < 1.29 is 9.53 Å². The topological polar surface area (TPSA) is 64.1 Å². The van der Waals surface area contributed by atoms with E-state index in [0.29, 0.717) is 6.61 Å². The van der Waals surface area contributed by atoms with Crippen LogP contribution in [0.25, 0.3) is 0 Å². The number of rotatable bonds is 5. The summed E-state index contributed by atoms with van der Waals surface area (Å²) in [6, 6.07) is 0. The van der Waals surface area contributed by atoms with Gasteiger partial charge >= 0.3 is 5.97 Å². The number of carbonyl (C=O) groups excluding carboxylic acids is 1. The molecule has 0 saturated heterocycles. The molecule has 7 heteroatoms. The van der Waals surface area contributed by atoms with Gasteiger partial charge in [0.05, 0.1) is 24.4 Å². The van der Waals surface area contributed by atoms with Crippen LogP contribution in [0.4, 0.5) is 5.13 Å². The van der Waals surface area contributed by atoms with Crippen molar-refractivity contribution in [2.75, 3.05) is 11.9 Å². The van der Waals surface area contributed by atoms with Gasteiger partial charge in [-0.25, -0.2) is 4.98 Å². The maximum absolute atomic E-state index is 12.0. The van der Waals surface area contributed by atoms with Crippen molar-refractivity contribution in [2.24, 2.45) is 0 Å². The van der Waals surface area contributed by atoms with E-state index in [1.165, 1.54) is 9.75 Å². The zero-order valence-electron chi connectivity index (χ0n) is 11.8. The lowest BCUT2D eigenvalue weighted by atomic mass is 9.91. The van der Waals surface area contributed by atoms with Crippen LogP contribution in [0.15, 0.2) is 11.7 Å². The van der Waals surface area contributed by atoms with Gasteiger partial charge in [-0.15, -0.1) is 22.7 Å². The Morgan fingerprint density at radius 1 is 1.57 bits per heavy atom. The lowest BCUT2D eigenvalue weighted by Crippen LogP contribution is -2.20. The summed E-state index contributed by atoms with van der Waals surface area (Å²) in [6.45, 7) is 2.98. The van der Waals surface area contributed by atoms with Crippen LogP contribution in [0.2, 0.25) is 0 Å². The second-order valence-electron chi connectivity index (χ2n) is 4.85. The van der Waals surface area contributed by atoms with Crippen LogP contribution in [0.1, 0.15) is 41.1 Å². The van der Waals surface area contributed by atoms with Gasteiger partial charge in [0.1, 0.15) is 5.92 Å². The molecule has 1 aliphatic carbocycles. The predicted octanol–water partition coefficient (Wildman–Crippen LogP) is 3.19. The van der Waals surface area contributed by atoms with Gasteiger partial charge in [0.2, 0.25) is 0 Å². The Kier molecular flexibility index (Phi) is 4.50. The first-order valence-corrected chi connectivity index (χ1v) is 8.75. The molecule has 112 valence electrons. The molecular weight excluding hydrogens is 306 g/mol. The third-order valence-corrected chi connectivity index (χ3v) is 5.29. The Morgan fingerprint density at radius 2 is 2.48 bits per heavy atom. The minimum atomic E-state index is -0.191. The third kappa shape index (κ3) is 3.24. The molecule has 2 heterocycles. The number of aryl methyl sites for hydroxylation is 1. The molecule has 2 aromatic rings. The molecule has 0 amide bonds. The summed E-state index contributed by atoms with van der Waals surface area (Å²) in [5.41, 5.74) is 2.73. The number of anilines is 1. The zero-order chi connectivity index (χ0) is 14.7. The maximum Gasteiger partial charge on any atom is 0.315 e. The summed E-state index contributed by atoms with van der Waals surface area (Å²) >= 11 is 3.27. The zero-order valence-corrected chi connectivity index (χ0v) is 13.4. The number of hydrogen-bond donors (Lipinski definition) is 1. The Labute approximate surface area is 131 Å². The molecule has 1 unspecified atom stereocenters. The average molecular weight is 323 g/mol. The van der Waals surface area contributed by atoms with Crippen molar-refractivity contribution in [3.05, 3.63) is 27.2 Å². The fourth-order valence-corrected chi connectivity index (χ4v) is 4.05. The molecule has 3 rings (SSSR count). The number of nitrogens with one attached hydrogen (secondary N) is 1. The Bertz CT molecular complexity index is 610. The number of fused-ring (bicyclic) bond motifs is 1. The van der Waals surface area contributed by atoms with Gasteiger partial charge < -0.3 is 10.1 Å². The first kappa shape index (κ1) is 14.5. The van der Waals surface area contributed by atoms with Gasteiger partial charge in [-0.1, -0.05) is 0 Å². The van der Waals surface area contributed by atoms with Crippen molar-refractivity contribution in [3.8, 4) is 0 Å². The molecule has 1 atom stereocenters. The van der Waals surface area contributed by atoms with E-state index in [1.807, 2.05) is 18.6 Å². The number of ether oxygens (including phenoxy) is 1. The van der Waals surface area contributed by atoms with E-state index in [2.05, 4.69) is 15.3 Å². The monoisotopic (exact) mass is 323 g/mol. The van der Waals surface area contributed by atoms with Gasteiger partial charge in [-0.2, -0.15) is 0 Å². The fourth-order valence-electron chi connectivity index (χ4n) is 2.46. The molecule has 2 aromatic heterocycles. The molecule has 21 heavy (non-hydrogen) atoms. The Morgan fingerprint density at radius 3 is 3.24 bits per heavy atom. The molecule has 0 aromatic carbocycles. The van der Waals surface area contributed by atoms with E-state index in [4.69, 9.17) is 4.74 Å². The van der Waals surface area contributed by atoms with E-state index in [0.717, 1.165) is 36.6 Å². The molecule has 0 spiro atoms. The number of nitrogens with zero attached hydrogens (tertiary/aromatic N) is 2. The minimum Gasteiger partial charge on any atom is -0.465 e. The quantitative estimate of drug-likeness (QED) is 0.856. The summed E-state index contributed by atoms with van der Waals surface area (Å²) in [5, 5.41) is 4.20. The molecule has 1 N–H and O–H groups in total. The lowest BCUT2D eigenvalue weighted by molar-refractivity contribution is -0.145. The third-order valence-electron chi connectivity index (χ3n) is 3.42. The van der Waals surface area contributed by atoms with Crippen LogP contribution >= 0.6 is 22.7 Å². The van der Waals surface area contributed by atoms with Crippen molar-refractivity contribution in [2.45, 2.75) is 38.6 Å². The van der Waals surface area contributed by atoms with E-state index in [9.17, 15) is 4.79 Å². The van der Waals surface area contributed by atoms with Crippen LogP contribution in [-0.2, 0) is 22.5 Å². The number of hydrogen-bond acceptors (Lipinski definition) is 7. The molecule has 1 aliphatic rings. The molecule has 5 nitrogen and oxygen atoms in total. The molecule has 0 fully saturated rings. The summed E-state index contributed by atoms with van der Waals surface area (Å²) in [7, 11) is 0. The van der Waals surface area contributed by atoms with E-state index in [1.54, 1.807) is 22.7 Å². The summed E-state index contributed by atoms with van der Waals surface area (Å²) in [4.78, 5) is 23.1. The highest BCUT2D eigenvalue weighted by Crippen LogP contribution is 2.37. The molecular formula is C14H17N3O2S2. The molecule has 0 bridgehead atoms. The molecule has 0 aliphatic heterocycles. The highest BCUT2D eigenvalue weighted by atomic mass is 32.1. The van der Waals surface area contributed by atoms with Crippen LogP contribution < -0.4 is 5.32 Å². The smallest absolute Gasteiger partial charge is 0.315 e. The predicted molar refractivity (Wildman–Crippen MR) is 83.9 cm³/mol. The number of esters is 1. The van der Waals surface area contributed by atoms with E-state index >= 15 is 0 Å². The van der Waals surface area contributed by atoms with Crippen LogP contribution in [0.3, 0.4) is 0 Å². The van der Waals surface area contributed by atoms with Crippen LogP contribution in [0, 0.1) is 0 Å². The standard InChI is InChI=1S/C14H17N3O2S2/c1-2-19-13(18)10-4-3-5-11-12(10)17-14(21-11)16-7-9-6-15-8-20-9/h6,8,10H,2-5,7H2,1H3,(H,16,17). The van der Waals surface area contributed by atoms with Crippen molar-refractivity contribution >= 4 is 33.8 Å². The first-order chi connectivity index (χ1) is 10.3. The van der Waals surface area contributed by atoms with E-state index < -0.39 is 0 Å². The van der Waals surface area contributed by atoms with E-state index in [-0.39, 0.29) is 11.9 Å².